The second kappa shape index (κ2) is 5.64. The van der Waals surface area contributed by atoms with Crippen LogP contribution < -0.4 is 0 Å². The fourth-order valence-corrected chi connectivity index (χ4v) is 3.76. The van der Waals surface area contributed by atoms with Gasteiger partial charge in [-0.2, -0.15) is 0 Å². The van der Waals surface area contributed by atoms with E-state index in [4.69, 9.17) is 0 Å². The Labute approximate surface area is 119 Å². The lowest BCUT2D eigenvalue weighted by Crippen LogP contribution is -2.26. The minimum atomic E-state index is 0.461. The Morgan fingerprint density at radius 3 is 2.67 bits per heavy atom. The van der Waals surface area contributed by atoms with Crippen molar-refractivity contribution in [2.45, 2.75) is 46.0 Å². The summed E-state index contributed by atoms with van der Waals surface area (Å²) in [5.74, 6) is 3.11. The zero-order valence-electron chi connectivity index (χ0n) is 11.5. The lowest BCUT2D eigenvalue weighted by atomic mass is 9.67. The molecule has 0 heterocycles. The zero-order valence-corrected chi connectivity index (χ0v) is 13.1. The molecule has 1 nitrogen and oxygen atoms in total. The molecule has 18 heavy (non-hydrogen) atoms. The van der Waals surface area contributed by atoms with Crippen LogP contribution in [-0.4, -0.2) is 5.11 Å². The molecule has 1 aliphatic carbocycles. The number of phenolic OH excluding ortho intramolecular Hbond substituents is 1. The Bertz CT molecular complexity index is 414. The van der Waals surface area contributed by atoms with Crippen molar-refractivity contribution in [1.82, 2.24) is 0 Å². The zero-order chi connectivity index (χ0) is 13.3. The van der Waals surface area contributed by atoms with Crippen LogP contribution in [0.25, 0.3) is 0 Å². The minimum absolute atomic E-state index is 0.461. The van der Waals surface area contributed by atoms with Crippen molar-refractivity contribution < 1.29 is 5.11 Å². The Hall–Kier alpha value is -0.500. The van der Waals surface area contributed by atoms with E-state index in [2.05, 4.69) is 42.8 Å². The van der Waals surface area contributed by atoms with Crippen LogP contribution in [0.4, 0.5) is 0 Å². The highest BCUT2D eigenvalue weighted by Crippen LogP contribution is 2.46. The van der Waals surface area contributed by atoms with Crippen molar-refractivity contribution in [3.63, 3.8) is 0 Å². The van der Waals surface area contributed by atoms with Crippen molar-refractivity contribution >= 4 is 15.9 Å². The third-order valence-electron chi connectivity index (χ3n) is 4.41. The Kier molecular flexibility index (Phi) is 4.37. The molecule has 1 aromatic rings. The number of rotatable bonds is 2. The molecule has 1 saturated carbocycles. The van der Waals surface area contributed by atoms with E-state index in [1.54, 1.807) is 0 Å². The van der Waals surface area contributed by atoms with Gasteiger partial charge in [-0.1, -0.05) is 43.1 Å². The van der Waals surface area contributed by atoms with Gasteiger partial charge in [0.1, 0.15) is 5.75 Å². The molecule has 0 radical (unpaired) electrons. The summed E-state index contributed by atoms with van der Waals surface area (Å²) in [7, 11) is 0. The molecule has 2 rings (SSSR count). The molecule has 1 aliphatic rings. The summed E-state index contributed by atoms with van der Waals surface area (Å²) in [6, 6.07) is 5.83. The van der Waals surface area contributed by atoms with Gasteiger partial charge in [-0.25, -0.2) is 0 Å². The summed E-state index contributed by atoms with van der Waals surface area (Å²) in [4.78, 5) is 0. The average molecular weight is 311 g/mol. The number of hydrogen-bond donors (Lipinski definition) is 1. The van der Waals surface area contributed by atoms with Gasteiger partial charge in [0, 0.05) is 4.47 Å². The summed E-state index contributed by atoms with van der Waals surface area (Å²) >= 11 is 3.52. The molecule has 0 aliphatic heterocycles. The average Bonchev–Trinajstić information content (AvgIpc) is 2.31. The Morgan fingerprint density at radius 2 is 2.00 bits per heavy atom. The van der Waals surface area contributed by atoms with Crippen LogP contribution in [0.15, 0.2) is 22.7 Å². The van der Waals surface area contributed by atoms with Crippen LogP contribution in [0.2, 0.25) is 0 Å². The highest BCUT2D eigenvalue weighted by atomic mass is 79.9. The topological polar surface area (TPSA) is 20.2 Å². The van der Waals surface area contributed by atoms with E-state index in [1.165, 1.54) is 19.3 Å². The van der Waals surface area contributed by atoms with Gasteiger partial charge in [-0.05, 0) is 60.3 Å². The Balaban J connectivity index is 2.34. The van der Waals surface area contributed by atoms with Crippen molar-refractivity contribution in [2.75, 3.05) is 0 Å². The predicted octanol–water partition coefficient (Wildman–Crippen LogP) is 5.33. The number of phenols is 1. The normalized spacial score (nSPS) is 28.6. The summed E-state index contributed by atoms with van der Waals surface area (Å²) in [6.45, 7) is 6.95. The van der Waals surface area contributed by atoms with Crippen molar-refractivity contribution in [3.05, 3.63) is 28.2 Å². The number of halogens is 1. The molecule has 0 aromatic heterocycles. The maximum absolute atomic E-state index is 10.2. The second-order valence-electron chi connectivity index (χ2n) is 6.14. The highest BCUT2D eigenvalue weighted by Gasteiger charge is 2.33. The van der Waals surface area contributed by atoms with E-state index < -0.39 is 0 Å². The van der Waals surface area contributed by atoms with E-state index in [9.17, 15) is 5.11 Å². The maximum atomic E-state index is 10.2. The standard InChI is InChI=1S/C16H23BrO/c1-10(2)13-6-4-11(3)8-14(13)15-9-12(17)5-7-16(15)18/h5,7,9-11,13-14,18H,4,6,8H2,1-3H3. The molecule has 1 fully saturated rings. The van der Waals surface area contributed by atoms with Gasteiger partial charge in [0.05, 0.1) is 0 Å². The van der Waals surface area contributed by atoms with Crippen LogP contribution in [0.3, 0.4) is 0 Å². The van der Waals surface area contributed by atoms with Gasteiger partial charge >= 0.3 is 0 Å². The van der Waals surface area contributed by atoms with E-state index in [0.717, 1.165) is 16.0 Å². The van der Waals surface area contributed by atoms with Crippen LogP contribution in [0.5, 0.6) is 5.75 Å². The molecule has 0 saturated heterocycles. The maximum Gasteiger partial charge on any atom is 0.119 e. The first-order valence-corrected chi connectivity index (χ1v) is 7.76. The molecular weight excluding hydrogens is 288 g/mol. The molecule has 0 spiro atoms. The van der Waals surface area contributed by atoms with Crippen LogP contribution in [0, 0.1) is 17.8 Å². The lowest BCUT2D eigenvalue weighted by Gasteiger charge is -2.38. The summed E-state index contributed by atoms with van der Waals surface area (Å²) in [5, 5.41) is 10.2. The first-order chi connectivity index (χ1) is 8.49. The first-order valence-electron chi connectivity index (χ1n) is 6.97. The minimum Gasteiger partial charge on any atom is -0.508 e. The highest BCUT2D eigenvalue weighted by molar-refractivity contribution is 9.10. The molecule has 3 atom stereocenters. The molecule has 1 aromatic carbocycles. The van der Waals surface area contributed by atoms with Crippen molar-refractivity contribution in [2.24, 2.45) is 17.8 Å². The van der Waals surface area contributed by atoms with Gasteiger partial charge in [-0.15, -0.1) is 0 Å². The quantitative estimate of drug-likeness (QED) is 0.782. The van der Waals surface area contributed by atoms with Crippen molar-refractivity contribution in [3.8, 4) is 5.75 Å². The second-order valence-corrected chi connectivity index (χ2v) is 7.05. The van der Waals surface area contributed by atoms with Crippen molar-refractivity contribution in [1.29, 1.82) is 0 Å². The fourth-order valence-electron chi connectivity index (χ4n) is 3.38. The Morgan fingerprint density at radius 1 is 1.28 bits per heavy atom. The van der Waals surface area contributed by atoms with E-state index in [-0.39, 0.29) is 0 Å². The molecule has 0 bridgehead atoms. The first kappa shape index (κ1) is 13.9. The van der Waals surface area contributed by atoms with E-state index >= 15 is 0 Å². The third-order valence-corrected chi connectivity index (χ3v) is 4.90. The largest absolute Gasteiger partial charge is 0.508 e. The molecule has 100 valence electrons. The molecule has 3 unspecified atom stereocenters. The molecule has 1 N–H and O–H groups in total. The van der Waals surface area contributed by atoms with E-state index in [1.807, 2.05) is 12.1 Å². The van der Waals surface area contributed by atoms with Crippen LogP contribution in [0.1, 0.15) is 51.5 Å². The smallest absolute Gasteiger partial charge is 0.119 e. The van der Waals surface area contributed by atoms with Crippen LogP contribution >= 0.6 is 15.9 Å². The molecule has 2 heteroatoms. The van der Waals surface area contributed by atoms with Crippen LogP contribution in [-0.2, 0) is 0 Å². The number of benzene rings is 1. The summed E-state index contributed by atoms with van der Waals surface area (Å²) < 4.78 is 1.07. The SMILES string of the molecule is CC1CCC(C(C)C)C(c2cc(Br)ccc2O)C1. The van der Waals surface area contributed by atoms with E-state index in [0.29, 0.717) is 23.5 Å². The summed E-state index contributed by atoms with van der Waals surface area (Å²) in [6.07, 6.45) is 3.82. The lowest BCUT2D eigenvalue weighted by molar-refractivity contribution is 0.194. The van der Waals surface area contributed by atoms with Gasteiger partial charge in [0.2, 0.25) is 0 Å². The monoisotopic (exact) mass is 310 g/mol. The molecule has 0 amide bonds. The number of aromatic hydroxyl groups is 1. The number of hydrogen-bond acceptors (Lipinski definition) is 1. The fraction of sp³-hybridized carbons (Fsp3) is 0.625. The van der Waals surface area contributed by atoms with Gasteiger partial charge in [0.15, 0.2) is 0 Å². The summed E-state index contributed by atoms with van der Waals surface area (Å²) in [5.41, 5.74) is 1.13. The molecular formula is C16H23BrO. The van der Waals surface area contributed by atoms with Gasteiger partial charge < -0.3 is 5.11 Å². The predicted molar refractivity (Wildman–Crippen MR) is 79.9 cm³/mol. The third kappa shape index (κ3) is 2.90. The van der Waals surface area contributed by atoms with Gasteiger partial charge in [-0.3, -0.25) is 0 Å². The van der Waals surface area contributed by atoms with Gasteiger partial charge in [0.25, 0.3) is 0 Å².